The summed E-state index contributed by atoms with van der Waals surface area (Å²) in [5.41, 5.74) is 1.38. The molecule has 1 saturated carbocycles. The van der Waals surface area contributed by atoms with Crippen molar-refractivity contribution in [2.45, 2.75) is 96.4 Å². The van der Waals surface area contributed by atoms with E-state index >= 15 is 0 Å². The Labute approximate surface area is 220 Å². The highest BCUT2D eigenvalue weighted by Crippen LogP contribution is 2.34. The molecule has 36 heavy (non-hydrogen) atoms. The van der Waals surface area contributed by atoms with Crippen LogP contribution >= 0.6 is 11.9 Å². The third kappa shape index (κ3) is 11.2. The monoisotopic (exact) mass is 524 g/mol. The second kappa shape index (κ2) is 16.3. The zero-order chi connectivity index (χ0) is 26.4. The maximum Gasteiger partial charge on any atom is 0.417 e. The van der Waals surface area contributed by atoms with Crippen LogP contribution in [0.3, 0.4) is 0 Å². The van der Waals surface area contributed by atoms with Crippen LogP contribution in [-0.4, -0.2) is 30.0 Å². The van der Waals surface area contributed by atoms with Crippen LogP contribution < -0.4 is 4.72 Å². The molecule has 0 spiro atoms. The molecular formula is C29H43F3N2OS. The summed E-state index contributed by atoms with van der Waals surface area (Å²) in [4.78, 5) is 3.53. The number of benzene rings is 1. The number of hydrogen-bond acceptors (Lipinski definition) is 4. The zero-order valence-corrected chi connectivity index (χ0v) is 23.0. The molecule has 2 unspecified atom stereocenters. The fourth-order valence-corrected chi connectivity index (χ4v) is 5.21. The summed E-state index contributed by atoms with van der Waals surface area (Å²) in [5, 5.41) is 0. The molecule has 3 nitrogen and oxygen atoms in total. The van der Waals surface area contributed by atoms with Crippen molar-refractivity contribution in [3.8, 4) is 0 Å². The number of unbranched alkanes of at least 4 members (excludes halogenated alkanes) is 2. The van der Waals surface area contributed by atoms with E-state index in [1.54, 1.807) is 18.9 Å². The van der Waals surface area contributed by atoms with Gasteiger partial charge in [-0.25, -0.2) is 0 Å². The Morgan fingerprint density at radius 2 is 1.75 bits per heavy atom. The SMILES string of the molecule is CCCCCC(NSC)C(C)COC1CCC(c2ccccc2)CC1.Cc1ccc(C(F)(F)F)cn1. The van der Waals surface area contributed by atoms with E-state index in [9.17, 15) is 13.2 Å². The average Bonchev–Trinajstić information content (AvgIpc) is 2.88. The first-order valence-electron chi connectivity index (χ1n) is 13.2. The van der Waals surface area contributed by atoms with E-state index in [0.29, 0.717) is 23.8 Å². The van der Waals surface area contributed by atoms with Gasteiger partial charge in [0.15, 0.2) is 0 Å². The van der Waals surface area contributed by atoms with Crippen LogP contribution in [0.4, 0.5) is 13.2 Å². The minimum Gasteiger partial charge on any atom is -0.378 e. The number of hydrogen-bond donors (Lipinski definition) is 1. The molecule has 0 radical (unpaired) electrons. The van der Waals surface area contributed by atoms with Crippen molar-refractivity contribution in [3.63, 3.8) is 0 Å². The normalized spacial score (nSPS) is 19.8. The van der Waals surface area contributed by atoms with Crippen LogP contribution in [0.1, 0.15) is 88.0 Å². The van der Waals surface area contributed by atoms with Gasteiger partial charge in [0.05, 0.1) is 18.3 Å². The number of pyridine rings is 1. The topological polar surface area (TPSA) is 34.1 Å². The van der Waals surface area contributed by atoms with Crippen LogP contribution in [0.25, 0.3) is 0 Å². The van der Waals surface area contributed by atoms with E-state index in [1.807, 2.05) is 0 Å². The molecule has 202 valence electrons. The van der Waals surface area contributed by atoms with Gasteiger partial charge < -0.3 is 4.74 Å². The second-order valence-electron chi connectivity index (χ2n) is 9.81. The lowest BCUT2D eigenvalue weighted by molar-refractivity contribution is -0.137. The Balaban J connectivity index is 0.000000346. The molecule has 1 aromatic carbocycles. The van der Waals surface area contributed by atoms with Crippen LogP contribution in [0.5, 0.6) is 0 Å². The molecule has 0 amide bonds. The number of alkyl halides is 3. The lowest BCUT2D eigenvalue weighted by atomic mass is 9.83. The first-order chi connectivity index (χ1) is 17.2. The van der Waals surface area contributed by atoms with E-state index in [1.165, 1.54) is 63.0 Å². The zero-order valence-electron chi connectivity index (χ0n) is 22.2. The van der Waals surface area contributed by atoms with Gasteiger partial charge in [-0.15, -0.1) is 0 Å². The molecule has 2 aromatic rings. The standard InChI is InChI=1S/C22H37NOS.C7H6F3N/c1-4-5-7-12-22(23-25-3)18(2)17-24-21-15-13-20(14-16-21)19-10-8-6-9-11-19;1-5-2-3-6(4-11-5)7(8,9)10/h6,8-11,18,20-23H,4-5,7,12-17H2,1-3H3;2-4H,1H3. The van der Waals surface area contributed by atoms with Gasteiger partial charge in [0.25, 0.3) is 0 Å². The Morgan fingerprint density at radius 3 is 2.31 bits per heavy atom. The van der Waals surface area contributed by atoms with E-state index in [0.717, 1.165) is 24.8 Å². The summed E-state index contributed by atoms with van der Waals surface area (Å²) in [5.74, 6) is 1.31. The number of halogens is 3. The van der Waals surface area contributed by atoms with Gasteiger partial charge in [-0.1, -0.05) is 75.4 Å². The highest BCUT2D eigenvalue weighted by Gasteiger charge is 2.30. The predicted octanol–water partition coefficient (Wildman–Crippen LogP) is 8.59. The summed E-state index contributed by atoms with van der Waals surface area (Å²) in [6, 6.07) is 13.9. The number of ether oxygens (including phenoxy) is 1. The molecular weight excluding hydrogens is 481 g/mol. The third-order valence-electron chi connectivity index (χ3n) is 6.85. The number of aromatic nitrogens is 1. The van der Waals surface area contributed by atoms with Gasteiger partial charge in [0.2, 0.25) is 0 Å². The van der Waals surface area contributed by atoms with Crippen molar-refractivity contribution in [1.29, 1.82) is 0 Å². The smallest absolute Gasteiger partial charge is 0.378 e. The quantitative estimate of drug-likeness (QED) is 0.236. The van der Waals surface area contributed by atoms with Crippen molar-refractivity contribution in [2.75, 3.05) is 12.9 Å². The van der Waals surface area contributed by atoms with E-state index in [4.69, 9.17) is 4.74 Å². The molecule has 1 aliphatic carbocycles. The molecule has 1 N–H and O–H groups in total. The first-order valence-corrected chi connectivity index (χ1v) is 14.4. The third-order valence-corrected chi connectivity index (χ3v) is 7.39. The lowest BCUT2D eigenvalue weighted by Crippen LogP contribution is -2.34. The van der Waals surface area contributed by atoms with Crippen LogP contribution in [0.15, 0.2) is 48.7 Å². The van der Waals surface area contributed by atoms with Gasteiger partial charge in [-0.3, -0.25) is 9.71 Å². The van der Waals surface area contributed by atoms with Gasteiger partial charge in [0.1, 0.15) is 0 Å². The summed E-state index contributed by atoms with van der Waals surface area (Å²) >= 11 is 1.75. The van der Waals surface area contributed by atoms with Crippen molar-refractivity contribution in [3.05, 3.63) is 65.5 Å². The molecule has 1 aliphatic rings. The molecule has 0 aliphatic heterocycles. The Kier molecular flexibility index (Phi) is 13.9. The molecule has 7 heteroatoms. The minimum atomic E-state index is -4.28. The molecule has 3 rings (SSSR count). The summed E-state index contributed by atoms with van der Waals surface area (Å²) in [6.45, 7) is 7.15. The first kappa shape index (κ1) is 30.7. The molecule has 1 fully saturated rings. The fourth-order valence-electron chi connectivity index (χ4n) is 4.55. The number of rotatable bonds is 11. The van der Waals surface area contributed by atoms with E-state index < -0.39 is 11.7 Å². The van der Waals surface area contributed by atoms with Crippen LogP contribution in [0.2, 0.25) is 0 Å². The summed E-state index contributed by atoms with van der Waals surface area (Å²) in [7, 11) is 0. The maximum atomic E-state index is 11.9. The molecule has 0 bridgehead atoms. The Morgan fingerprint density at radius 1 is 1.06 bits per heavy atom. The Bertz CT molecular complexity index is 825. The highest BCUT2D eigenvalue weighted by atomic mass is 32.2. The van der Waals surface area contributed by atoms with E-state index in [2.05, 4.69) is 60.1 Å². The Hall–Kier alpha value is -1.57. The largest absolute Gasteiger partial charge is 0.417 e. The predicted molar refractivity (Wildman–Crippen MR) is 145 cm³/mol. The molecule has 1 heterocycles. The maximum absolute atomic E-state index is 11.9. The fraction of sp³-hybridized carbons (Fsp3) is 0.621. The van der Waals surface area contributed by atoms with Gasteiger partial charge in [-0.2, -0.15) is 13.2 Å². The van der Waals surface area contributed by atoms with Crippen molar-refractivity contribution < 1.29 is 17.9 Å². The van der Waals surface area contributed by atoms with Crippen molar-refractivity contribution in [1.82, 2.24) is 9.71 Å². The van der Waals surface area contributed by atoms with E-state index in [-0.39, 0.29) is 0 Å². The highest BCUT2D eigenvalue weighted by molar-refractivity contribution is 7.96. The minimum absolute atomic E-state index is 0.466. The van der Waals surface area contributed by atoms with Crippen LogP contribution in [0, 0.1) is 12.8 Å². The summed E-state index contributed by atoms with van der Waals surface area (Å²) in [6.07, 6.45) is 9.32. The number of nitrogens with zero attached hydrogens (tertiary/aromatic N) is 1. The van der Waals surface area contributed by atoms with Gasteiger partial charge >= 0.3 is 6.18 Å². The molecule has 0 saturated heterocycles. The second-order valence-corrected chi connectivity index (χ2v) is 10.4. The average molecular weight is 525 g/mol. The van der Waals surface area contributed by atoms with Crippen molar-refractivity contribution in [2.24, 2.45) is 5.92 Å². The molecule has 2 atom stereocenters. The summed E-state index contributed by atoms with van der Waals surface area (Å²) < 4.78 is 45.5. The number of nitrogens with one attached hydrogen (secondary N) is 1. The van der Waals surface area contributed by atoms with Gasteiger partial charge in [-0.05, 0) is 74.8 Å². The number of aryl methyl sites for hydroxylation is 1. The lowest BCUT2D eigenvalue weighted by Gasteiger charge is -2.31. The van der Waals surface area contributed by atoms with Gasteiger partial charge in [0, 0.05) is 17.9 Å². The van der Waals surface area contributed by atoms with Crippen molar-refractivity contribution >= 4 is 11.9 Å². The van der Waals surface area contributed by atoms with Crippen LogP contribution in [-0.2, 0) is 10.9 Å². The molecule has 1 aromatic heterocycles.